The Morgan fingerprint density at radius 2 is 0.818 bits per heavy atom. The van der Waals surface area contributed by atoms with Gasteiger partial charge in [-0.15, -0.1) is 0 Å². The van der Waals surface area contributed by atoms with Gasteiger partial charge in [0.2, 0.25) is 0 Å². The van der Waals surface area contributed by atoms with Crippen molar-refractivity contribution in [1.82, 2.24) is 0 Å². The third-order valence-electron chi connectivity index (χ3n) is 2.57. The Morgan fingerprint density at radius 1 is 0.500 bits per heavy atom. The van der Waals surface area contributed by atoms with Crippen LogP contribution in [0.15, 0.2) is 0 Å². The van der Waals surface area contributed by atoms with Crippen LogP contribution in [0.1, 0.15) is 0 Å². The Hall–Kier alpha value is -1.02. The summed E-state index contributed by atoms with van der Waals surface area (Å²) >= 11 is 0. The number of hydrogen-bond acceptors (Lipinski definition) is 1. The van der Waals surface area contributed by atoms with E-state index >= 15 is 0 Å². The summed E-state index contributed by atoms with van der Waals surface area (Å²) in [7, 11) is 0. The Kier molecular flexibility index (Phi) is 3.53. The second kappa shape index (κ2) is 4.08. The SMILES string of the molecule is FC(F)(F)C(F)(F)C(F)(F)C1(F)OC1(F)C(F)(F)C(F)(F)F. The van der Waals surface area contributed by atoms with Gasteiger partial charge >= 0.3 is 41.8 Å². The van der Waals surface area contributed by atoms with Gasteiger partial charge in [-0.2, -0.15) is 61.5 Å². The molecule has 0 aromatic carbocycles. The summed E-state index contributed by atoms with van der Waals surface area (Å²) in [5.74, 6) is -35.1. The van der Waals surface area contributed by atoms with Crippen LogP contribution in [-0.4, -0.2) is 41.8 Å². The maximum Gasteiger partial charge on any atom is 0.460 e. The molecule has 0 radical (unpaired) electrons. The molecule has 1 rings (SSSR count). The van der Waals surface area contributed by atoms with Gasteiger partial charge in [0.05, 0.1) is 0 Å². The van der Waals surface area contributed by atoms with E-state index in [0.717, 1.165) is 0 Å². The quantitative estimate of drug-likeness (QED) is 0.534. The molecule has 132 valence electrons. The zero-order chi connectivity index (χ0) is 18.2. The van der Waals surface area contributed by atoms with Gasteiger partial charge in [0.1, 0.15) is 0 Å². The summed E-state index contributed by atoms with van der Waals surface area (Å²) in [6, 6.07) is 0. The topological polar surface area (TPSA) is 12.5 Å². The summed E-state index contributed by atoms with van der Waals surface area (Å²) in [6.07, 6.45) is -14.4. The maximum absolute atomic E-state index is 13.1. The molecule has 2 atom stereocenters. The predicted molar refractivity (Wildman–Crippen MR) is 35.7 cm³/mol. The van der Waals surface area contributed by atoms with Crippen LogP contribution in [0.4, 0.5) is 61.5 Å². The first-order valence-corrected chi connectivity index (χ1v) is 4.55. The first-order chi connectivity index (χ1) is 9.21. The summed E-state index contributed by atoms with van der Waals surface area (Å²) in [4.78, 5) is 0. The van der Waals surface area contributed by atoms with Crippen LogP contribution < -0.4 is 0 Å². The average molecular weight is 366 g/mol. The Morgan fingerprint density at radius 3 is 1.09 bits per heavy atom. The molecule has 0 saturated carbocycles. The van der Waals surface area contributed by atoms with Gasteiger partial charge in [-0.1, -0.05) is 0 Å². The van der Waals surface area contributed by atoms with E-state index in [1.54, 1.807) is 0 Å². The number of hydrogen-bond donors (Lipinski definition) is 0. The number of alkyl halides is 14. The summed E-state index contributed by atoms with van der Waals surface area (Å²) in [6.45, 7) is 0. The molecule has 0 aromatic heterocycles. The minimum absolute atomic E-state index is 2.10. The zero-order valence-electron chi connectivity index (χ0n) is 9.20. The number of rotatable bonds is 3. The van der Waals surface area contributed by atoms with Crippen molar-refractivity contribution >= 4 is 0 Å². The van der Waals surface area contributed by atoms with Crippen molar-refractivity contribution in [2.45, 2.75) is 41.8 Å². The lowest BCUT2D eigenvalue weighted by Crippen LogP contribution is -2.62. The molecule has 2 unspecified atom stereocenters. The normalized spacial score (nSPS) is 31.4. The Bertz CT molecular complexity index is 461. The minimum atomic E-state index is -7.50. The fraction of sp³-hybridized carbons (Fsp3) is 1.00. The second-order valence-electron chi connectivity index (χ2n) is 4.01. The van der Waals surface area contributed by atoms with Crippen LogP contribution in [0.2, 0.25) is 0 Å². The van der Waals surface area contributed by atoms with Crippen molar-refractivity contribution in [3.8, 4) is 0 Å². The molecule has 1 nitrogen and oxygen atoms in total. The van der Waals surface area contributed by atoms with E-state index in [4.69, 9.17) is 0 Å². The molecule has 1 fully saturated rings. The molecule has 22 heavy (non-hydrogen) atoms. The van der Waals surface area contributed by atoms with Crippen LogP contribution in [0.25, 0.3) is 0 Å². The smallest absolute Gasteiger partial charge is 0.289 e. The van der Waals surface area contributed by atoms with Gasteiger partial charge in [0.25, 0.3) is 0 Å². The van der Waals surface area contributed by atoms with Gasteiger partial charge in [-0.25, -0.2) is 0 Å². The van der Waals surface area contributed by atoms with E-state index in [9.17, 15) is 61.5 Å². The van der Waals surface area contributed by atoms with E-state index in [0.29, 0.717) is 0 Å². The van der Waals surface area contributed by atoms with Crippen LogP contribution in [0.5, 0.6) is 0 Å². The summed E-state index contributed by atoms with van der Waals surface area (Å²) < 4.78 is 174. The molecule has 0 aromatic rings. The molecular weight excluding hydrogens is 366 g/mol. The molecule has 15 heteroatoms. The monoisotopic (exact) mass is 366 g/mol. The molecule has 0 amide bonds. The molecule has 1 saturated heterocycles. The molecular formula is C7F14O. The molecule has 1 heterocycles. The third-order valence-corrected chi connectivity index (χ3v) is 2.57. The molecule has 0 aliphatic carbocycles. The molecule has 0 spiro atoms. The van der Waals surface area contributed by atoms with E-state index in [1.807, 2.05) is 0 Å². The van der Waals surface area contributed by atoms with Crippen LogP contribution in [0.3, 0.4) is 0 Å². The fourth-order valence-electron chi connectivity index (χ4n) is 1.26. The molecule has 0 N–H and O–H groups in total. The molecule has 1 aliphatic heterocycles. The predicted octanol–water partition coefficient (Wildman–Crippen LogP) is 4.38. The average Bonchev–Trinajstić information content (AvgIpc) is 2.82. The lowest BCUT2D eigenvalue weighted by molar-refractivity contribution is -0.383. The van der Waals surface area contributed by atoms with Crippen LogP contribution in [-0.2, 0) is 4.74 Å². The van der Waals surface area contributed by atoms with E-state index in [2.05, 4.69) is 4.74 Å². The van der Waals surface area contributed by atoms with E-state index < -0.39 is 41.8 Å². The van der Waals surface area contributed by atoms with Crippen molar-refractivity contribution in [2.24, 2.45) is 0 Å². The highest BCUT2D eigenvalue weighted by molar-refractivity contribution is 5.21. The van der Waals surface area contributed by atoms with Gasteiger partial charge in [-0.3, -0.25) is 4.74 Å². The maximum atomic E-state index is 13.1. The van der Waals surface area contributed by atoms with Crippen molar-refractivity contribution in [2.75, 3.05) is 0 Å². The van der Waals surface area contributed by atoms with Crippen molar-refractivity contribution in [3.63, 3.8) is 0 Å². The van der Waals surface area contributed by atoms with Crippen molar-refractivity contribution in [1.29, 1.82) is 0 Å². The van der Waals surface area contributed by atoms with E-state index in [1.165, 1.54) is 0 Å². The minimum Gasteiger partial charge on any atom is -0.289 e. The van der Waals surface area contributed by atoms with Gasteiger partial charge < -0.3 is 0 Å². The van der Waals surface area contributed by atoms with E-state index in [-0.39, 0.29) is 0 Å². The molecule has 0 bridgehead atoms. The summed E-state index contributed by atoms with van der Waals surface area (Å²) in [5.41, 5.74) is 0. The van der Waals surface area contributed by atoms with Crippen LogP contribution >= 0.6 is 0 Å². The highest BCUT2D eigenvalue weighted by Gasteiger charge is 3.03. The first kappa shape index (κ1) is 19.0. The fourth-order valence-corrected chi connectivity index (χ4v) is 1.26. The lowest BCUT2D eigenvalue weighted by Gasteiger charge is -2.30. The standard InChI is InChI=1S/C7F14O/c8-1(9,2(10,11)6(16,17)18)4(14)5(15,22-4)3(12,13)7(19,20)21. The number of ether oxygens (including phenoxy) is 1. The Balaban J connectivity index is 3.36. The van der Waals surface area contributed by atoms with Gasteiger partial charge in [0.15, 0.2) is 0 Å². The largest absolute Gasteiger partial charge is 0.460 e. The third kappa shape index (κ3) is 1.89. The zero-order valence-corrected chi connectivity index (χ0v) is 9.20. The number of halogens is 14. The molecule has 1 aliphatic rings. The van der Waals surface area contributed by atoms with Crippen molar-refractivity contribution in [3.05, 3.63) is 0 Å². The van der Waals surface area contributed by atoms with Crippen LogP contribution in [0, 0.1) is 0 Å². The second-order valence-corrected chi connectivity index (χ2v) is 4.01. The highest BCUT2D eigenvalue weighted by atomic mass is 19.4. The number of epoxide rings is 1. The van der Waals surface area contributed by atoms with Crippen molar-refractivity contribution < 1.29 is 66.2 Å². The highest BCUT2D eigenvalue weighted by Crippen LogP contribution is 2.71. The lowest BCUT2D eigenvalue weighted by atomic mass is 9.98. The summed E-state index contributed by atoms with van der Waals surface area (Å²) in [5, 5.41) is 0. The van der Waals surface area contributed by atoms with Gasteiger partial charge in [0, 0.05) is 0 Å². The van der Waals surface area contributed by atoms with Gasteiger partial charge in [-0.05, 0) is 0 Å². The Labute approximate surface area is 109 Å². The first-order valence-electron chi connectivity index (χ1n) is 4.55.